The fourth-order valence-electron chi connectivity index (χ4n) is 4.78. The van der Waals surface area contributed by atoms with Crippen molar-refractivity contribution in [3.05, 3.63) is 42.0 Å². The van der Waals surface area contributed by atoms with Crippen molar-refractivity contribution in [3.63, 3.8) is 0 Å². The number of hydrogen-bond acceptors (Lipinski definition) is 4. The topological polar surface area (TPSA) is 87.7 Å². The van der Waals surface area contributed by atoms with Gasteiger partial charge in [0.2, 0.25) is 11.8 Å². The first-order chi connectivity index (χ1) is 19.4. The van der Waals surface area contributed by atoms with Gasteiger partial charge in [0.15, 0.2) is 0 Å². The SMILES string of the molecule is C=Cc1cccc(C(C(=O)NCCCCC)N(CCCCCCCC)C(=O)C(CC(C)C)NC(=O)OC(C)(C)C)c1. The molecule has 7 nitrogen and oxygen atoms in total. The van der Waals surface area contributed by atoms with Crippen molar-refractivity contribution < 1.29 is 19.1 Å². The minimum absolute atomic E-state index is 0.139. The number of benzene rings is 1. The van der Waals surface area contributed by atoms with Crippen molar-refractivity contribution in [2.45, 2.75) is 130 Å². The maximum Gasteiger partial charge on any atom is 0.408 e. The van der Waals surface area contributed by atoms with E-state index >= 15 is 0 Å². The Morgan fingerprint density at radius 3 is 2.22 bits per heavy atom. The molecular formula is C34H57N3O4. The van der Waals surface area contributed by atoms with Gasteiger partial charge in [0.05, 0.1) is 0 Å². The van der Waals surface area contributed by atoms with E-state index in [1.54, 1.807) is 31.7 Å². The van der Waals surface area contributed by atoms with Crippen LogP contribution in [0.2, 0.25) is 0 Å². The molecule has 0 spiro atoms. The van der Waals surface area contributed by atoms with Gasteiger partial charge in [-0.3, -0.25) is 9.59 Å². The van der Waals surface area contributed by atoms with Crippen LogP contribution in [0.3, 0.4) is 0 Å². The summed E-state index contributed by atoms with van der Waals surface area (Å²) in [5.41, 5.74) is 0.916. The van der Waals surface area contributed by atoms with Gasteiger partial charge in [-0.2, -0.15) is 0 Å². The Hall–Kier alpha value is -2.83. The van der Waals surface area contributed by atoms with E-state index in [9.17, 15) is 14.4 Å². The molecule has 2 N–H and O–H groups in total. The predicted octanol–water partition coefficient (Wildman–Crippen LogP) is 7.81. The molecule has 7 heteroatoms. The highest BCUT2D eigenvalue weighted by molar-refractivity contribution is 5.92. The summed E-state index contributed by atoms with van der Waals surface area (Å²) in [5.74, 6) is -0.335. The van der Waals surface area contributed by atoms with Crippen molar-refractivity contribution in [3.8, 4) is 0 Å². The summed E-state index contributed by atoms with van der Waals surface area (Å²) < 4.78 is 5.50. The summed E-state index contributed by atoms with van der Waals surface area (Å²) in [6.45, 7) is 18.6. The van der Waals surface area contributed by atoms with Gasteiger partial charge in [-0.1, -0.05) is 103 Å². The zero-order valence-electron chi connectivity index (χ0n) is 26.9. The van der Waals surface area contributed by atoms with Crippen LogP contribution >= 0.6 is 0 Å². The van der Waals surface area contributed by atoms with E-state index in [-0.39, 0.29) is 17.7 Å². The smallest absolute Gasteiger partial charge is 0.408 e. The van der Waals surface area contributed by atoms with E-state index < -0.39 is 23.8 Å². The molecule has 0 aromatic heterocycles. The maximum atomic E-state index is 14.4. The van der Waals surface area contributed by atoms with Gasteiger partial charge >= 0.3 is 6.09 Å². The van der Waals surface area contributed by atoms with Gasteiger partial charge in [-0.25, -0.2) is 4.79 Å². The quantitative estimate of drug-likeness (QED) is 0.166. The zero-order valence-corrected chi connectivity index (χ0v) is 26.9. The molecule has 1 aromatic carbocycles. The van der Waals surface area contributed by atoms with Gasteiger partial charge in [0, 0.05) is 13.1 Å². The largest absolute Gasteiger partial charge is 0.444 e. The first-order valence-corrected chi connectivity index (χ1v) is 15.7. The zero-order chi connectivity index (χ0) is 30.8. The number of alkyl carbamates (subject to hydrolysis) is 1. The molecule has 0 saturated carbocycles. The van der Waals surface area contributed by atoms with Crippen molar-refractivity contribution in [1.29, 1.82) is 0 Å². The minimum Gasteiger partial charge on any atom is -0.444 e. The summed E-state index contributed by atoms with van der Waals surface area (Å²) in [6.07, 6.45) is 10.8. The molecule has 2 atom stereocenters. The van der Waals surface area contributed by atoms with Gasteiger partial charge in [-0.15, -0.1) is 0 Å². The van der Waals surface area contributed by atoms with Crippen LogP contribution in [0, 0.1) is 5.92 Å². The fourth-order valence-corrected chi connectivity index (χ4v) is 4.78. The summed E-state index contributed by atoms with van der Waals surface area (Å²) in [5, 5.41) is 5.92. The van der Waals surface area contributed by atoms with Crippen LogP contribution in [-0.4, -0.2) is 47.5 Å². The van der Waals surface area contributed by atoms with Gasteiger partial charge in [-0.05, 0) is 63.1 Å². The third-order valence-corrected chi connectivity index (χ3v) is 6.83. The van der Waals surface area contributed by atoms with E-state index in [0.29, 0.717) is 19.5 Å². The van der Waals surface area contributed by atoms with Crippen molar-refractivity contribution in [1.82, 2.24) is 15.5 Å². The number of hydrogen-bond donors (Lipinski definition) is 2. The summed E-state index contributed by atoms with van der Waals surface area (Å²) >= 11 is 0. The highest BCUT2D eigenvalue weighted by Gasteiger charge is 2.36. The molecule has 0 fully saturated rings. The Kier molecular flexibility index (Phi) is 17.1. The summed E-state index contributed by atoms with van der Waals surface area (Å²) in [6, 6.07) is 5.99. The number of ether oxygens (including phenoxy) is 1. The third-order valence-electron chi connectivity index (χ3n) is 6.83. The molecule has 0 saturated heterocycles. The number of unbranched alkanes of at least 4 members (excludes halogenated alkanes) is 7. The van der Waals surface area contributed by atoms with E-state index in [4.69, 9.17) is 4.74 Å². The van der Waals surface area contributed by atoms with Crippen molar-refractivity contribution in [2.75, 3.05) is 13.1 Å². The molecule has 0 radical (unpaired) electrons. The average Bonchev–Trinajstić information content (AvgIpc) is 2.90. The Bertz CT molecular complexity index is 938. The standard InChI is InChI=1S/C34H57N3O4/c1-9-12-14-15-16-18-23-37(32(39)29(24-26(4)5)36-33(40)41-34(6,7)8)30(31(38)35-22-17-13-10-2)28-21-19-20-27(11-3)25-28/h11,19-21,25-26,29-30H,3,9-10,12-18,22-24H2,1-2,4-8H3,(H,35,38)(H,36,40). The van der Waals surface area contributed by atoms with Crippen LogP contribution < -0.4 is 10.6 Å². The lowest BCUT2D eigenvalue weighted by molar-refractivity contribution is -0.143. The van der Waals surface area contributed by atoms with Crippen molar-refractivity contribution in [2.24, 2.45) is 5.92 Å². The first-order valence-electron chi connectivity index (χ1n) is 15.7. The third kappa shape index (κ3) is 14.6. The Morgan fingerprint density at radius 1 is 0.976 bits per heavy atom. The van der Waals surface area contributed by atoms with Gasteiger partial charge < -0.3 is 20.3 Å². The number of carbonyl (C=O) groups excluding carboxylic acids is 3. The molecule has 3 amide bonds. The summed E-state index contributed by atoms with van der Waals surface area (Å²) in [4.78, 5) is 42.7. The van der Waals surface area contributed by atoms with E-state index in [0.717, 1.165) is 62.5 Å². The molecule has 0 aliphatic carbocycles. The van der Waals surface area contributed by atoms with Crippen LogP contribution in [0.5, 0.6) is 0 Å². The molecular weight excluding hydrogens is 514 g/mol. The number of amides is 3. The molecule has 0 aliphatic rings. The Labute approximate surface area is 249 Å². The number of carbonyl (C=O) groups is 3. The Morgan fingerprint density at radius 2 is 1.61 bits per heavy atom. The highest BCUT2D eigenvalue weighted by atomic mass is 16.6. The molecule has 0 heterocycles. The monoisotopic (exact) mass is 571 g/mol. The van der Waals surface area contributed by atoms with Crippen LogP contribution in [0.15, 0.2) is 30.8 Å². The molecule has 0 aliphatic heterocycles. The molecule has 1 aromatic rings. The normalized spacial score (nSPS) is 12.9. The number of rotatable bonds is 19. The van der Waals surface area contributed by atoms with E-state index in [2.05, 4.69) is 31.1 Å². The second-order valence-electron chi connectivity index (χ2n) is 12.4. The molecule has 1 rings (SSSR count). The van der Waals surface area contributed by atoms with Crippen LogP contribution in [-0.2, 0) is 14.3 Å². The van der Waals surface area contributed by atoms with Crippen LogP contribution in [0.4, 0.5) is 4.79 Å². The van der Waals surface area contributed by atoms with E-state index in [1.165, 1.54) is 6.42 Å². The van der Waals surface area contributed by atoms with Gasteiger partial charge in [0.1, 0.15) is 17.7 Å². The molecule has 232 valence electrons. The van der Waals surface area contributed by atoms with Crippen LogP contribution in [0.25, 0.3) is 6.08 Å². The number of nitrogens with zero attached hydrogens (tertiary/aromatic N) is 1. The predicted molar refractivity (Wildman–Crippen MR) is 170 cm³/mol. The Balaban J connectivity index is 3.46. The first kappa shape index (κ1) is 36.2. The number of nitrogens with one attached hydrogen (secondary N) is 2. The minimum atomic E-state index is -0.824. The average molecular weight is 572 g/mol. The lowest BCUT2D eigenvalue weighted by atomic mass is 9.97. The fraction of sp³-hybridized carbons (Fsp3) is 0.676. The molecule has 0 bridgehead atoms. The van der Waals surface area contributed by atoms with Crippen LogP contribution in [0.1, 0.15) is 130 Å². The van der Waals surface area contributed by atoms with E-state index in [1.807, 2.05) is 38.1 Å². The molecule has 41 heavy (non-hydrogen) atoms. The highest BCUT2D eigenvalue weighted by Crippen LogP contribution is 2.26. The second-order valence-corrected chi connectivity index (χ2v) is 12.4. The van der Waals surface area contributed by atoms with Crippen molar-refractivity contribution >= 4 is 24.0 Å². The lowest BCUT2D eigenvalue weighted by Gasteiger charge is -2.35. The van der Waals surface area contributed by atoms with Gasteiger partial charge in [0.25, 0.3) is 0 Å². The molecule has 2 unspecified atom stereocenters. The second kappa shape index (κ2) is 19.3. The lowest BCUT2D eigenvalue weighted by Crippen LogP contribution is -2.53. The summed E-state index contributed by atoms with van der Waals surface area (Å²) in [7, 11) is 0. The maximum absolute atomic E-state index is 14.4.